The quantitative estimate of drug-likeness (QED) is 0.409. The maximum Gasteiger partial charge on any atom is 0.416 e. The second-order valence-electron chi connectivity index (χ2n) is 5.99. The lowest BCUT2D eigenvalue weighted by molar-refractivity contribution is -0.777. The van der Waals surface area contributed by atoms with Crippen molar-refractivity contribution in [2.75, 3.05) is 14.2 Å². The van der Waals surface area contributed by atoms with Gasteiger partial charge in [0.1, 0.15) is 7.11 Å². The van der Waals surface area contributed by atoms with E-state index in [1.54, 1.807) is 26.3 Å². The molecule has 0 aliphatic rings. The van der Waals surface area contributed by atoms with E-state index in [0.717, 1.165) is 23.3 Å². The molecule has 2 aromatic carbocycles. The van der Waals surface area contributed by atoms with E-state index >= 15 is 0 Å². The Morgan fingerprint density at radius 3 is 2.52 bits per heavy atom. The Bertz CT molecular complexity index is 845. The highest BCUT2D eigenvalue weighted by Gasteiger charge is 2.31. The zero-order valence-corrected chi connectivity index (χ0v) is 15.6. The molecule has 0 aliphatic carbocycles. The highest BCUT2D eigenvalue weighted by molar-refractivity contribution is 6.04. The average Bonchev–Trinajstić information content (AvgIpc) is 2.61. The number of hydrogen-bond donors (Lipinski definition) is 0. The van der Waals surface area contributed by atoms with Crippen LogP contribution in [0.4, 0.5) is 13.2 Å². The highest BCUT2D eigenvalue weighted by atomic mass is 19.4. The zero-order valence-electron chi connectivity index (χ0n) is 15.6. The molecular formula is C20H22F3N2O2+. The molecule has 1 unspecified atom stereocenters. The summed E-state index contributed by atoms with van der Waals surface area (Å²) in [6, 6.07) is 12.7. The number of halogens is 3. The van der Waals surface area contributed by atoms with Gasteiger partial charge in [-0.15, -0.1) is 0 Å². The van der Waals surface area contributed by atoms with Gasteiger partial charge >= 0.3 is 6.18 Å². The van der Waals surface area contributed by atoms with Gasteiger partial charge in [-0.3, -0.25) is 4.84 Å². The van der Waals surface area contributed by atoms with Gasteiger partial charge in [-0.05, 0) is 42.3 Å². The fraction of sp³-hybridized carbons (Fsp3) is 0.300. The van der Waals surface area contributed by atoms with Gasteiger partial charge in [0.25, 0.3) is 0 Å². The third-order valence-electron chi connectivity index (χ3n) is 3.91. The summed E-state index contributed by atoms with van der Waals surface area (Å²) in [7, 11) is 3.16. The second kappa shape index (κ2) is 8.70. The average molecular weight is 379 g/mol. The maximum absolute atomic E-state index is 12.9. The minimum absolute atomic E-state index is 0.440. The van der Waals surface area contributed by atoms with Gasteiger partial charge in [0.15, 0.2) is 13.2 Å². The highest BCUT2D eigenvalue weighted by Crippen LogP contribution is 2.31. The molecule has 4 nitrogen and oxygen atoms in total. The van der Waals surface area contributed by atoms with Gasteiger partial charge < -0.3 is 4.84 Å². The van der Waals surface area contributed by atoms with Crippen LogP contribution in [-0.4, -0.2) is 30.8 Å². The SMILES string of the molecule is CON=C(C)c1ccccc1C=[N+](C)OC(C)c1cccc(C(F)(F)F)c1. The largest absolute Gasteiger partial charge is 0.416 e. The van der Waals surface area contributed by atoms with Crippen molar-refractivity contribution in [2.45, 2.75) is 26.1 Å². The van der Waals surface area contributed by atoms with E-state index in [-0.39, 0.29) is 0 Å². The maximum atomic E-state index is 12.9. The molecule has 0 aliphatic heterocycles. The molecule has 0 aromatic heterocycles. The molecule has 1 atom stereocenters. The first-order valence-electron chi connectivity index (χ1n) is 8.31. The van der Waals surface area contributed by atoms with Crippen LogP contribution in [0.15, 0.2) is 53.7 Å². The van der Waals surface area contributed by atoms with Crippen molar-refractivity contribution >= 4 is 11.9 Å². The number of rotatable bonds is 6. The molecule has 0 saturated carbocycles. The van der Waals surface area contributed by atoms with Crippen molar-refractivity contribution in [3.63, 3.8) is 0 Å². The Morgan fingerprint density at radius 1 is 1.15 bits per heavy atom. The van der Waals surface area contributed by atoms with Crippen molar-refractivity contribution in [1.82, 2.24) is 0 Å². The molecule has 0 amide bonds. The Labute approximate surface area is 156 Å². The Hall–Kier alpha value is -2.83. The lowest BCUT2D eigenvalue weighted by atomic mass is 10.1. The molecule has 0 spiro atoms. The van der Waals surface area contributed by atoms with Gasteiger partial charge in [-0.1, -0.05) is 35.5 Å². The number of hydrogen-bond acceptors (Lipinski definition) is 3. The molecule has 0 saturated heterocycles. The van der Waals surface area contributed by atoms with Crippen LogP contribution in [0.5, 0.6) is 0 Å². The first-order chi connectivity index (χ1) is 12.7. The molecule has 2 aromatic rings. The summed E-state index contributed by atoms with van der Waals surface area (Å²) < 4.78 is 40.1. The molecule has 0 heterocycles. The molecule has 0 fully saturated rings. The predicted molar refractivity (Wildman–Crippen MR) is 98.0 cm³/mol. The number of nitrogens with zero attached hydrogens (tertiary/aromatic N) is 2. The van der Waals surface area contributed by atoms with Gasteiger partial charge in [0, 0.05) is 5.56 Å². The van der Waals surface area contributed by atoms with E-state index in [9.17, 15) is 13.2 Å². The van der Waals surface area contributed by atoms with Crippen LogP contribution >= 0.6 is 0 Å². The fourth-order valence-corrected chi connectivity index (χ4v) is 2.63. The summed E-state index contributed by atoms with van der Waals surface area (Å²) in [4.78, 5) is 10.6. The second-order valence-corrected chi connectivity index (χ2v) is 5.99. The van der Waals surface area contributed by atoms with Crippen LogP contribution in [0.3, 0.4) is 0 Å². The van der Waals surface area contributed by atoms with Gasteiger partial charge in [0.2, 0.25) is 6.21 Å². The van der Waals surface area contributed by atoms with E-state index in [1.807, 2.05) is 31.2 Å². The lowest BCUT2D eigenvalue weighted by Crippen LogP contribution is -2.15. The Morgan fingerprint density at radius 2 is 1.85 bits per heavy atom. The summed E-state index contributed by atoms with van der Waals surface area (Å²) in [5.41, 5.74) is 2.15. The van der Waals surface area contributed by atoms with Crippen molar-refractivity contribution in [2.24, 2.45) is 5.16 Å². The monoisotopic (exact) mass is 379 g/mol. The van der Waals surface area contributed by atoms with E-state index in [1.165, 1.54) is 17.9 Å². The summed E-state index contributed by atoms with van der Waals surface area (Å²) in [6.07, 6.45) is -3.20. The molecule has 7 heteroatoms. The van der Waals surface area contributed by atoms with Crippen molar-refractivity contribution in [3.05, 3.63) is 70.8 Å². The number of oxime groups is 1. The molecular weight excluding hydrogens is 357 g/mol. The molecule has 0 bridgehead atoms. The van der Waals surface area contributed by atoms with E-state index < -0.39 is 17.8 Å². The number of hydroxylamine groups is 1. The third kappa shape index (κ3) is 5.57. The van der Waals surface area contributed by atoms with Gasteiger partial charge in [0.05, 0.1) is 16.8 Å². The van der Waals surface area contributed by atoms with Gasteiger partial charge in [-0.2, -0.15) is 13.2 Å². The molecule has 0 radical (unpaired) electrons. The number of alkyl halides is 3. The number of benzene rings is 2. The normalized spacial score (nSPS) is 14.0. The molecule has 27 heavy (non-hydrogen) atoms. The van der Waals surface area contributed by atoms with Crippen LogP contribution in [0.1, 0.15) is 42.2 Å². The molecule has 0 N–H and O–H groups in total. The van der Waals surface area contributed by atoms with Crippen LogP contribution < -0.4 is 0 Å². The minimum atomic E-state index is -4.38. The van der Waals surface area contributed by atoms with E-state index in [0.29, 0.717) is 11.3 Å². The lowest BCUT2D eigenvalue weighted by Gasteiger charge is -2.12. The topological polar surface area (TPSA) is 33.8 Å². The summed E-state index contributed by atoms with van der Waals surface area (Å²) in [5, 5.41) is 3.93. The first-order valence-corrected chi connectivity index (χ1v) is 8.31. The Balaban J connectivity index is 2.23. The molecule has 144 valence electrons. The predicted octanol–water partition coefficient (Wildman–Crippen LogP) is 4.83. The first kappa shape index (κ1) is 20.5. The van der Waals surface area contributed by atoms with Gasteiger partial charge in [-0.25, -0.2) is 0 Å². The smallest absolute Gasteiger partial charge is 0.399 e. The zero-order chi connectivity index (χ0) is 20.0. The fourth-order valence-electron chi connectivity index (χ4n) is 2.63. The third-order valence-corrected chi connectivity index (χ3v) is 3.91. The van der Waals surface area contributed by atoms with Crippen LogP contribution in [-0.2, 0) is 15.9 Å². The van der Waals surface area contributed by atoms with Crippen molar-refractivity contribution in [3.8, 4) is 0 Å². The Kier molecular flexibility index (Phi) is 6.60. The minimum Gasteiger partial charge on any atom is -0.399 e. The molecule has 2 rings (SSSR count). The van der Waals surface area contributed by atoms with Crippen molar-refractivity contribution < 1.29 is 27.6 Å². The van der Waals surface area contributed by atoms with Crippen LogP contribution in [0.25, 0.3) is 0 Å². The summed E-state index contributed by atoms with van der Waals surface area (Å²) >= 11 is 0. The van der Waals surface area contributed by atoms with E-state index in [2.05, 4.69) is 5.16 Å². The van der Waals surface area contributed by atoms with E-state index in [4.69, 9.17) is 9.68 Å². The van der Waals surface area contributed by atoms with Crippen LogP contribution in [0, 0.1) is 0 Å². The van der Waals surface area contributed by atoms with Crippen LogP contribution in [0.2, 0.25) is 0 Å². The van der Waals surface area contributed by atoms with Crippen molar-refractivity contribution in [1.29, 1.82) is 0 Å². The summed E-state index contributed by atoms with van der Waals surface area (Å²) in [5.74, 6) is 0. The standard InChI is InChI=1S/C20H22F3N2O2/c1-14(24-26-4)19-11-6-5-8-17(19)13-25(3)27-15(2)16-9-7-10-18(12-16)20(21,22)23/h5-13,15H,1-4H3/q+1. The summed E-state index contributed by atoms with van der Waals surface area (Å²) in [6.45, 7) is 3.52.